The summed E-state index contributed by atoms with van der Waals surface area (Å²) in [6.07, 6.45) is 1.18. The van der Waals surface area contributed by atoms with Crippen LogP contribution in [-0.2, 0) is 0 Å². The molecule has 1 atom stereocenters. The highest BCUT2D eigenvalue weighted by Crippen LogP contribution is 2.25. The number of rotatable bonds is 4. The highest BCUT2D eigenvalue weighted by Gasteiger charge is 2.26. The van der Waals surface area contributed by atoms with E-state index in [1.165, 1.54) is 12.0 Å². The van der Waals surface area contributed by atoms with E-state index in [0.717, 1.165) is 19.1 Å². The maximum atomic E-state index is 3.33. The lowest BCUT2D eigenvalue weighted by Crippen LogP contribution is -2.56. The van der Waals surface area contributed by atoms with Gasteiger partial charge in [0.1, 0.15) is 0 Å². The van der Waals surface area contributed by atoms with E-state index >= 15 is 0 Å². The molecule has 1 fully saturated rings. The first kappa shape index (κ1) is 10.7. The number of nitrogens with zero attached hydrogens (tertiary/aromatic N) is 1. The third-order valence-corrected chi connectivity index (χ3v) is 3.40. The van der Waals surface area contributed by atoms with E-state index in [0.29, 0.717) is 6.04 Å². The van der Waals surface area contributed by atoms with Crippen LogP contribution in [0.3, 0.4) is 0 Å². The molecular formula is C13H20N2. The fourth-order valence-corrected chi connectivity index (χ4v) is 2.25. The topological polar surface area (TPSA) is 15.3 Å². The molecule has 15 heavy (non-hydrogen) atoms. The molecule has 0 aromatic heterocycles. The van der Waals surface area contributed by atoms with Gasteiger partial charge in [-0.05, 0) is 19.0 Å². The van der Waals surface area contributed by atoms with Gasteiger partial charge in [0.05, 0.1) is 0 Å². The summed E-state index contributed by atoms with van der Waals surface area (Å²) in [6.45, 7) is 4.54. The minimum atomic E-state index is 0.568. The molecule has 2 nitrogen and oxygen atoms in total. The van der Waals surface area contributed by atoms with E-state index in [2.05, 4.69) is 54.5 Å². The molecular weight excluding hydrogens is 184 g/mol. The molecule has 0 radical (unpaired) electrons. The Hall–Kier alpha value is -0.860. The molecule has 1 unspecified atom stereocenters. The molecule has 0 amide bonds. The van der Waals surface area contributed by atoms with E-state index in [1.807, 2.05) is 0 Å². The summed E-state index contributed by atoms with van der Waals surface area (Å²) < 4.78 is 0. The number of hydrogen-bond donors (Lipinski definition) is 1. The van der Waals surface area contributed by atoms with Gasteiger partial charge in [-0.15, -0.1) is 0 Å². The van der Waals surface area contributed by atoms with Crippen molar-refractivity contribution in [3.63, 3.8) is 0 Å². The first-order valence-electron chi connectivity index (χ1n) is 5.80. The Balaban J connectivity index is 2.09. The lowest BCUT2D eigenvalue weighted by Gasteiger charge is -2.40. The zero-order chi connectivity index (χ0) is 10.7. The quantitative estimate of drug-likeness (QED) is 0.807. The van der Waals surface area contributed by atoms with Crippen LogP contribution in [-0.4, -0.2) is 31.1 Å². The smallest absolute Gasteiger partial charge is 0.0348 e. The predicted octanol–water partition coefficient (Wildman–Crippen LogP) is 2.04. The first-order valence-corrected chi connectivity index (χ1v) is 5.80. The van der Waals surface area contributed by atoms with Crippen molar-refractivity contribution in [1.29, 1.82) is 0 Å². The van der Waals surface area contributed by atoms with E-state index < -0.39 is 0 Å². The molecule has 1 aliphatic rings. The van der Waals surface area contributed by atoms with Crippen LogP contribution in [0.15, 0.2) is 30.3 Å². The molecule has 0 bridgehead atoms. The van der Waals surface area contributed by atoms with E-state index in [-0.39, 0.29) is 0 Å². The second kappa shape index (κ2) is 4.77. The Morgan fingerprint density at radius 1 is 1.33 bits per heavy atom. The van der Waals surface area contributed by atoms with E-state index in [1.54, 1.807) is 0 Å². The molecule has 1 aromatic carbocycles. The zero-order valence-electron chi connectivity index (χ0n) is 9.61. The number of hydrogen-bond acceptors (Lipinski definition) is 2. The fraction of sp³-hybridized carbons (Fsp3) is 0.538. The van der Waals surface area contributed by atoms with Crippen molar-refractivity contribution in [3.8, 4) is 0 Å². The van der Waals surface area contributed by atoms with Crippen molar-refractivity contribution in [2.24, 2.45) is 0 Å². The van der Waals surface area contributed by atoms with Gasteiger partial charge in [0, 0.05) is 25.2 Å². The average Bonchev–Trinajstić information content (AvgIpc) is 2.18. The fourth-order valence-electron chi connectivity index (χ4n) is 2.25. The van der Waals surface area contributed by atoms with Crippen LogP contribution in [0, 0.1) is 0 Å². The average molecular weight is 204 g/mol. The molecule has 1 N–H and O–H groups in total. The summed E-state index contributed by atoms with van der Waals surface area (Å²) in [4.78, 5) is 2.51. The van der Waals surface area contributed by atoms with Crippen molar-refractivity contribution < 1.29 is 0 Å². The second-order valence-electron chi connectivity index (χ2n) is 4.31. The third-order valence-electron chi connectivity index (χ3n) is 3.40. The highest BCUT2D eigenvalue weighted by atomic mass is 15.2. The second-order valence-corrected chi connectivity index (χ2v) is 4.31. The Kier molecular flexibility index (Phi) is 3.39. The molecule has 1 heterocycles. The molecule has 1 saturated heterocycles. The number of likely N-dealkylation sites (N-methyl/N-ethyl adjacent to an activating group) is 1. The highest BCUT2D eigenvalue weighted by molar-refractivity contribution is 5.19. The number of nitrogens with one attached hydrogen (secondary N) is 1. The van der Waals surface area contributed by atoms with Crippen LogP contribution < -0.4 is 5.32 Å². The van der Waals surface area contributed by atoms with Crippen LogP contribution >= 0.6 is 0 Å². The standard InChI is InChI=1S/C13H20N2/c1-3-13(11-7-5-4-6-8-11)15(2)12-9-14-10-12/h4-8,12-14H,3,9-10H2,1-2H3. The maximum Gasteiger partial charge on any atom is 0.0348 e. The molecule has 0 spiro atoms. The Bertz CT molecular complexity index is 293. The SMILES string of the molecule is CCC(c1ccccc1)N(C)C1CNC1. The summed E-state index contributed by atoms with van der Waals surface area (Å²) in [5.74, 6) is 0. The molecule has 1 aromatic rings. The Morgan fingerprint density at radius 2 is 2.00 bits per heavy atom. The van der Waals surface area contributed by atoms with Crippen molar-refractivity contribution in [2.75, 3.05) is 20.1 Å². The van der Waals surface area contributed by atoms with E-state index in [9.17, 15) is 0 Å². The molecule has 0 aliphatic carbocycles. The summed E-state index contributed by atoms with van der Waals surface area (Å²) in [7, 11) is 2.24. The Morgan fingerprint density at radius 3 is 2.47 bits per heavy atom. The molecule has 82 valence electrons. The lowest BCUT2D eigenvalue weighted by molar-refractivity contribution is 0.124. The predicted molar refractivity (Wildman–Crippen MR) is 63.9 cm³/mol. The minimum absolute atomic E-state index is 0.568. The lowest BCUT2D eigenvalue weighted by atomic mass is 10.00. The van der Waals surface area contributed by atoms with E-state index in [4.69, 9.17) is 0 Å². The van der Waals surface area contributed by atoms with Gasteiger partial charge in [-0.25, -0.2) is 0 Å². The van der Waals surface area contributed by atoms with Gasteiger partial charge >= 0.3 is 0 Å². The van der Waals surface area contributed by atoms with Crippen LogP contribution in [0.5, 0.6) is 0 Å². The van der Waals surface area contributed by atoms with Crippen molar-refractivity contribution in [2.45, 2.75) is 25.4 Å². The van der Waals surface area contributed by atoms with Crippen LogP contribution in [0.4, 0.5) is 0 Å². The van der Waals surface area contributed by atoms with Gasteiger partial charge in [-0.2, -0.15) is 0 Å². The van der Waals surface area contributed by atoms with Gasteiger partial charge in [0.2, 0.25) is 0 Å². The van der Waals surface area contributed by atoms with Gasteiger partial charge in [0.15, 0.2) is 0 Å². The summed E-state index contributed by atoms with van der Waals surface area (Å²) in [5, 5.41) is 3.33. The number of benzene rings is 1. The first-order chi connectivity index (χ1) is 7.33. The molecule has 1 aliphatic heterocycles. The van der Waals surface area contributed by atoms with Gasteiger partial charge in [-0.3, -0.25) is 4.90 Å². The van der Waals surface area contributed by atoms with Crippen molar-refractivity contribution in [3.05, 3.63) is 35.9 Å². The normalized spacial score (nSPS) is 18.9. The summed E-state index contributed by atoms with van der Waals surface area (Å²) >= 11 is 0. The zero-order valence-corrected chi connectivity index (χ0v) is 9.61. The minimum Gasteiger partial charge on any atom is -0.314 e. The van der Waals surface area contributed by atoms with Gasteiger partial charge < -0.3 is 5.32 Å². The molecule has 2 rings (SSSR count). The third kappa shape index (κ3) is 2.21. The van der Waals surface area contributed by atoms with Gasteiger partial charge in [-0.1, -0.05) is 37.3 Å². The monoisotopic (exact) mass is 204 g/mol. The molecule has 0 saturated carbocycles. The van der Waals surface area contributed by atoms with Crippen LogP contribution in [0.25, 0.3) is 0 Å². The molecule has 2 heteroatoms. The summed E-state index contributed by atoms with van der Waals surface area (Å²) in [5.41, 5.74) is 1.44. The largest absolute Gasteiger partial charge is 0.314 e. The van der Waals surface area contributed by atoms with Crippen molar-refractivity contribution in [1.82, 2.24) is 10.2 Å². The maximum absolute atomic E-state index is 3.33. The van der Waals surface area contributed by atoms with Crippen LogP contribution in [0.1, 0.15) is 24.9 Å². The van der Waals surface area contributed by atoms with Crippen molar-refractivity contribution >= 4 is 0 Å². The summed E-state index contributed by atoms with van der Waals surface area (Å²) in [6, 6.07) is 12.1. The Labute approximate surface area is 92.3 Å². The van der Waals surface area contributed by atoms with Crippen LogP contribution in [0.2, 0.25) is 0 Å². The van der Waals surface area contributed by atoms with Gasteiger partial charge in [0.25, 0.3) is 0 Å².